The van der Waals surface area contributed by atoms with E-state index >= 15 is 0 Å². The molecule has 0 spiro atoms. The van der Waals surface area contributed by atoms with Gasteiger partial charge in [-0.3, -0.25) is 9.59 Å². The Bertz CT molecular complexity index is 229. The van der Waals surface area contributed by atoms with E-state index in [4.69, 9.17) is 0 Å². The van der Waals surface area contributed by atoms with Crippen LogP contribution in [0.4, 0.5) is 0 Å². The summed E-state index contributed by atoms with van der Waals surface area (Å²) in [6.45, 7) is 7.21. The van der Waals surface area contributed by atoms with Gasteiger partial charge in [-0.25, -0.2) is 0 Å². The van der Waals surface area contributed by atoms with E-state index in [2.05, 4.69) is 13.5 Å². The zero-order valence-corrected chi connectivity index (χ0v) is 9.97. The van der Waals surface area contributed by atoms with Gasteiger partial charge in [0.15, 0.2) is 5.78 Å². The molecule has 0 aliphatic rings. The summed E-state index contributed by atoms with van der Waals surface area (Å²) in [4.78, 5) is 22.2. The number of unbranched alkanes of at least 4 members (excludes halogenated alkanes) is 4. The van der Waals surface area contributed by atoms with E-state index in [0.717, 1.165) is 12.8 Å². The van der Waals surface area contributed by atoms with Crippen LogP contribution in [0.3, 0.4) is 0 Å². The van der Waals surface area contributed by atoms with Crippen LogP contribution in [0.2, 0.25) is 0 Å². The van der Waals surface area contributed by atoms with Crippen molar-refractivity contribution >= 4 is 11.6 Å². The summed E-state index contributed by atoms with van der Waals surface area (Å²) >= 11 is 0. The van der Waals surface area contributed by atoms with Crippen LogP contribution in [-0.2, 0) is 9.59 Å². The van der Waals surface area contributed by atoms with Crippen molar-refractivity contribution in [3.05, 3.63) is 12.2 Å². The molecular formula is C13H22O2. The van der Waals surface area contributed by atoms with E-state index in [0.29, 0.717) is 12.0 Å². The quantitative estimate of drug-likeness (QED) is 0.431. The third-order valence-electron chi connectivity index (χ3n) is 2.47. The SMILES string of the molecule is C=C(CC(=O)CCCCCCC)C(C)=O. The van der Waals surface area contributed by atoms with Crippen molar-refractivity contribution in [2.24, 2.45) is 0 Å². The number of Topliss-reactive ketones (excluding diaryl/α,β-unsaturated/α-hetero) is 2. The topological polar surface area (TPSA) is 34.1 Å². The molecule has 0 amide bonds. The lowest BCUT2D eigenvalue weighted by Gasteiger charge is -2.01. The summed E-state index contributed by atoms with van der Waals surface area (Å²) in [7, 11) is 0. The van der Waals surface area contributed by atoms with Gasteiger partial charge in [-0.15, -0.1) is 0 Å². The number of carbonyl (C=O) groups is 2. The highest BCUT2D eigenvalue weighted by molar-refractivity contribution is 5.98. The first-order chi connectivity index (χ1) is 7.07. The van der Waals surface area contributed by atoms with E-state index in [9.17, 15) is 9.59 Å². The first kappa shape index (κ1) is 14.1. The molecule has 0 aromatic carbocycles. The van der Waals surface area contributed by atoms with Gasteiger partial charge in [0.1, 0.15) is 5.78 Å². The molecular weight excluding hydrogens is 188 g/mol. The minimum Gasteiger partial charge on any atom is -0.299 e. The monoisotopic (exact) mass is 210 g/mol. The molecule has 0 N–H and O–H groups in total. The van der Waals surface area contributed by atoms with E-state index in [1.54, 1.807) is 0 Å². The molecule has 0 aromatic heterocycles. The van der Waals surface area contributed by atoms with Gasteiger partial charge in [-0.1, -0.05) is 39.2 Å². The standard InChI is InChI=1S/C13H22O2/c1-4-5-6-7-8-9-13(15)10-11(2)12(3)14/h2,4-10H2,1,3H3. The molecule has 0 atom stereocenters. The minimum absolute atomic E-state index is 0.0747. The lowest BCUT2D eigenvalue weighted by Crippen LogP contribution is -2.04. The van der Waals surface area contributed by atoms with E-state index in [1.807, 2.05) is 0 Å². The van der Waals surface area contributed by atoms with Crippen LogP contribution in [-0.4, -0.2) is 11.6 Å². The molecule has 0 heterocycles. The van der Waals surface area contributed by atoms with Crippen molar-refractivity contribution in [1.82, 2.24) is 0 Å². The maximum absolute atomic E-state index is 11.4. The Morgan fingerprint density at radius 3 is 2.20 bits per heavy atom. The lowest BCUT2D eigenvalue weighted by molar-refractivity contribution is -0.120. The highest BCUT2D eigenvalue weighted by Crippen LogP contribution is 2.09. The fourth-order valence-corrected chi connectivity index (χ4v) is 1.38. The summed E-state index contributed by atoms with van der Waals surface area (Å²) in [6.07, 6.45) is 6.57. The second-order valence-corrected chi connectivity index (χ2v) is 4.04. The zero-order valence-electron chi connectivity index (χ0n) is 9.97. The normalized spacial score (nSPS) is 10.0. The third kappa shape index (κ3) is 8.10. The van der Waals surface area contributed by atoms with E-state index in [1.165, 1.54) is 26.2 Å². The van der Waals surface area contributed by atoms with Gasteiger partial charge in [-0.2, -0.15) is 0 Å². The van der Waals surface area contributed by atoms with Crippen molar-refractivity contribution in [3.8, 4) is 0 Å². The minimum atomic E-state index is -0.0747. The molecule has 0 rings (SSSR count). The Morgan fingerprint density at radius 1 is 1.07 bits per heavy atom. The molecule has 0 aromatic rings. The molecule has 0 bridgehead atoms. The van der Waals surface area contributed by atoms with Gasteiger partial charge in [0, 0.05) is 12.8 Å². The molecule has 0 saturated heterocycles. The van der Waals surface area contributed by atoms with Gasteiger partial charge < -0.3 is 0 Å². The largest absolute Gasteiger partial charge is 0.299 e. The summed E-state index contributed by atoms with van der Waals surface area (Å²) in [5.74, 6) is 0.0704. The van der Waals surface area contributed by atoms with Crippen molar-refractivity contribution < 1.29 is 9.59 Å². The van der Waals surface area contributed by atoms with Gasteiger partial charge in [0.05, 0.1) is 0 Å². The van der Waals surface area contributed by atoms with E-state index in [-0.39, 0.29) is 18.0 Å². The highest BCUT2D eigenvalue weighted by Gasteiger charge is 2.07. The predicted octanol–water partition coefficient (Wildman–Crippen LogP) is 3.45. The average Bonchev–Trinajstić information content (AvgIpc) is 2.17. The van der Waals surface area contributed by atoms with Crippen LogP contribution in [0.5, 0.6) is 0 Å². The maximum Gasteiger partial charge on any atom is 0.155 e. The smallest absolute Gasteiger partial charge is 0.155 e. The molecule has 0 fully saturated rings. The summed E-state index contributed by atoms with van der Waals surface area (Å²) in [6, 6.07) is 0. The summed E-state index contributed by atoms with van der Waals surface area (Å²) in [5, 5.41) is 0. The first-order valence-electron chi connectivity index (χ1n) is 5.78. The molecule has 0 aliphatic heterocycles. The fourth-order valence-electron chi connectivity index (χ4n) is 1.38. The molecule has 0 unspecified atom stereocenters. The highest BCUT2D eigenvalue weighted by atomic mass is 16.1. The van der Waals surface area contributed by atoms with Crippen LogP contribution < -0.4 is 0 Å². The molecule has 15 heavy (non-hydrogen) atoms. The Labute approximate surface area is 92.8 Å². The van der Waals surface area contributed by atoms with Gasteiger partial charge in [0.2, 0.25) is 0 Å². The lowest BCUT2D eigenvalue weighted by atomic mass is 10.0. The molecule has 0 aliphatic carbocycles. The van der Waals surface area contributed by atoms with Crippen LogP contribution in [0.15, 0.2) is 12.2 Å². The van der Waals surface area contributed by atoms with Gasteiger partial charge in [0.25, 0.3) is 0 Å². The summed E-state index contributed by atoms with van der Waals surface area (Å²) in [5.41, 5.74) is 0.438. The second-order valence-electron chi connectivity index (χ2n) is 4.04. The molecule has 0 saturated carbocycles. The van der Waals surface area contributed by atoms with Crippen LogP contribution >= 0.6 is 0 Å². The number of hydrogen-bond donors (Lipinski definition) is 0. The van der Waals surface area contributed by atoms with Crippen molar-refractivity contribution in [1.29, 1.82) is 0 Å². The summed E-state index contributed by atoms with van der Waals surface area (Å²) < 4.78 is 0. The predicted molar refractivity (Wildman–Crippen MR) is 62.8 cm³/mol. The average molecular weight is 210 g/mol. The Balaban J connectivity index is 3.49. The molecule has 86 valence electrons. The van der Waals surface area contributed by atoms with Crippen molar-refractivity contribution in [2.45, 2.75) is 58.8 Å². The molecule has 2 nitrogen and oxygen atoms in total. The maximum atomic E-state index is 11.4. The van der Waals surface area contributed by atoms with Gasteiger partial charge >= 0.3 is 0 Å². The first-order valence-corrected chi connectivity index (χ1v) is 5.78. The van der Waals surface area contributed by atoms with Crippen LogP contribution in [0.1, 0.15) is 58.8 Å². The Kier molecular flexibility index (Phi) is 7.88. The number of ketones is 2. The van der Waals surface area contributed by atoms with Crippen LogP contribution in [0.25, 0.3) is 0 Å². The molecule has 0 radical (unpaired) electrons. The van der Waals surface area contributed by atoms with E-state index < -0.39 is 0 Å². The zero-order chi connectivity index (χ0) is 11.7. The number of carbonyl (C=O) groups excluding carboxylic acids is 2. The van der Waals surface area contributed by atoms with Crippen molar-refractivity contribution in [3.63, 3.8) is 0 Å². The Hall–Kier alpha value is -0.920. The molecule has 2 heteroatoms. The fraction of sp³-hybridized carbons (Fsp3) is 0.692. The van der Waals surface area contributed by atoms with Crippen molar-refractivity contribution in [2.75, 3.05) is 0 Å². The van der Waals surface area contributed by atoms with Crippen LogP contribution in [0, 0.1) is 0 Å². The van der Waals surface area contributed by atoms with Gasteiger partial charge in [-0.05, 0) is 18.9 Å². The number of allylic oxidation sites excluding steroid dienone is 1. The third-order valence-corrected chi connectivity index (χ3v) is 2.47. The number of rotatable bonds is 9. The second kappa shape index (κ2) is 8.39. The number of hydrogen-bond acceptors (Lipinski definition) is 2. The Morgan fingerprint density at radius 2 is 1.67 bits per heavy atom.